The molecular weight excluding hydrogens is 281 g/mol. The Bertz CT molecular complexity index is 598. The molecule has 0 N–H and O–H groups in total. The molecule has 1 unspecified atom stereocenters. The normalized spacial score (nSPS) is 19.0. The number of rotatable bonds is 2. The van der Waals surface area contributed by atoms with Crippen molar-refractivity contribution in [2.75, 3.05) is 11.4 Å². The van der Waals surface area contributed by atoms with E-state index in [0.29, 0.717) is 5.82 Å². The van der Waals surface area contributed by atoms with Crippen LogP contribution in [-0.4, -0.2) is 21.5 Å². The van der Waals surface area contributed by atoms with Crippen molar-refractivity contribution in [3.8, 4) is 0 Å². The zero-order chi connectivity index (χ0) is 14.9. The van der Waals surface area contributed by atoms with E-state index in [-0.39, 0.29) is 6.04 Å². The van der Waals surface area contributed by atoms with Crippen molar-refractivity contribution in [1.82, 2.24) is 15.0 Å². The van der Waals surface area contributed by atoms with E-state index in [1.54, 1.807) is 18.6 Å². The molecule has 2 aromatic rings. The first-order chi connectivity index (χ1) is 10.1. The predicted octanol–water partition coefficient (Wildman–Crippen LogP) is 3.23. The molecule has 0 aromatic carbocycles. The average molecular weight is 294 g/mol. The lowest BCUT2D eigenvalue weighted by atomic mass is 10.1. The lowest BCUT2D eigenvalue weighted by molar-refractivity contribution is -0.137. The molecule has 1 aliphatic heterocycles. The smallest absolute Gasteiger partial charge is 0.348 e. The lowest BCUT2D eigenvalue weighted by Crippen LogP contribution is -2.24. The largest absolute Gasteiger partial charge is 0.417 e. The Kier molecular flexibility index (Phi) is 3.48. The van der Waals surface area contributed by atoms with Crippen LogP contribution in [0.15, 0.2) is 36.9 Å². The summed E-state index contributed by atoms with van der Waals surface area (Å²) < 4.78 is 37.7. The molecule has 7 heteroatoms. The molecule has 1 atom stereocenters. The number of anilines is 1. The summed E-state index contributed by atoms with van der Waals surface area (Å²) in [5.74, 6) is 0.538. The average Bonchev–Trinajstić information content (AvgIpc) is 2.97. The second kappa shape index (κ2) is 5.31. The van der Waals surface area contributed by atoms with Gasteiger partial charge in [-0.25, -0.2) is 4.98 Å². The van der Waals surface area contributed by atoms with Gasteiger partial charge in [-0.15, -0.1) is 0 Å². The van der Waals surface area contributed by atoms with Crippen molar-refractivity contribution in [2.45, 2.75) is 25.1 Å². The van der Waals surface area contributed by atoms with E-state index >= 15 is 0 Å². The maximum Gasteiger partial charge on any atom is 0.417 e. The summed E-state index contributed by atoms with van der Waals surface area (Å²) in [5, 5.41) is 0. The first kappa shape index (κ1) is 13.8. The molecule has 3 heterocycles. The molecule has 0 amide bonds. The Labute approximate surface area is 119 Å². The Morgan fingerprint density at radius 1 is 1.10 bits per heavy atom. The second-order valence-corrected chi connectivity index (χ2v) is 4.88. The standard InChI is InChI=1S/C14H13F3N4/c15-14(16,17)10-3-4-13(20-8-10)21-7-1-2-12(21)11-9-18-5-6-19-11/h3-6,8-9,12H,1-2,7H2. The molecular formula is C14H13F3N4. The number of halogens is 3. The highest BCUT2D eigenvalue weighted by atomic mass is 19.4. The minimum Gasteiger partial charge on any atom is -0.348 e. The van der Waals surface area contributed by atoms with Crippen LogP contribution in [0.5, 0.6) is 0 Å². The fourth-order valence-corrected chi connectivity index (χ4v) is 2.55. The highest BCUT2D eigenvalue weighted by molar-refractivity contribution is 5.43. The van der Waals surface area contributed by atoms with Crippen molar-refractivity contribution >= 4 is 5.82 Å². The van der Waals surface area contributed by atoms with Crippen molar-refractivity contribution in [1.29, 1.82) is 0 Å². The van der Waals surface area contributed by atoms with E-state index in [1.165, 1.54) is 6.07 Å². The number of hydrogen-bond donors (Lipinski definition) is 0. The van der Waals surface area contributed by atoms with Gasteiger partial charge in [-0.1, -0.05) is 0 Å². The molecule has 0 radical (unpaired) electrons. The number of hydrogen-bond acceptors (Lipinski definition) is 4. The Morgan fingerprint density at radius 3 is 2.57 bits per heavy atom. The minimum atomic E-state index is -4.36. The Morgan fingerprint density at radius 2 is 1.95 bits per heavy atom. The third-order valence-electron chi connectivity index (χ3n) is 3.55. The van der Waals surface area contributed by atoms with Crippen molar-refractivity contribution in [2.24, 2.45) is 0 Å². The molecule has 1 aliphatic rings. The van der Waals surface area contributed by atoms with Crippen LogP contribution in [0.2, 0.25) is 0 Å². The summed E-state index contributed by atoms with van der Waals surface area (Å²) in [5.41, 5.74) is 0.0817. The van der Waals surface area contributed by atoms with Crippen LogP contribution < -0.4 is 4.90 Å². The van der Waals surface area contributed by atoms with Crippen molar-refractivity contribution in [3.63, 3.8) is 0 Å². The van der Waals surface area contributed by atoms with E-state index < -0.39 is 11.7 Å². The van der Waals surface area contributed by atoms with Gasteiger partial charge in [-0.2, -0.15) is 13.2 Å². The number of alkyl halides is 3. The van der Waals surface area contributed by atoms with E-state index in [0.717, 1.165) is 37.3 Å². The monoisotopic (exact) mass is 294 g/mol. The molecule has 4 nitrogen and oxygen atoms in total. The van der Waals surface area contributed by atoms with Gasteiger partial charge >= 0.3 is 6.18 Å². The summed E-state index contributed by atoms with van der Waals surface area (Å²) in [4.78, 5) is 14.3. The molecule has 0 bridgehead atoms. The molecule has 21 heavy (non-hydrogen) atoms. The van der Waals surface area contributed by atoms with Crippen molar-refractivity contribution < 1.29 is 13.2 Å². The van der Waals surface area contributed by atoms with Gasteiger partial charge in [0, 0.05) is 25.1 Å². The quantitative estimate of drug-likeness (QED) is 0.852. The van der Waals surface area contributed by atoms with Gasteiger partial charge in [0.15, 0.2) is 0 Å². The molecule has 3 rings (SSSR count). The maximum absolute atomic E-state index is 12.6. The molecule has 0 aliphatic carbocycles. The van der Waals surface area contributed by atoms with E-state index in [9.17, 15) is 13.2 Å². The van der Waals surface area contributed by atoms with E-state index in [4.69, 9.17) is 0 Å². The fourth-order valence-electron chi connectivity index (χ4n) is 2.55. The van der Waals surface area contributed by atoms with Gasteiger partial charge in [-0.3, -0.25) is 9.97 Å². The second-order valence-electron chi connectivity index (χ2n) is 4.88. The van der Waals surface area contributed by atoms with Crippen LogP contribution in [-0.2, 0) is 6.18 Å². The first-order valence-corrected chi connectivity index (χ1v) is 6.61. The van der Waals surface area contributed by atoms with Gasteiger partial charge in [0.2, 0.25) is 0 Å². The number of nitrogens with zero attached hydrogens (tertiary/aromatic N) is 4. The molecule has 1 saturated heterocycles. The van der Waals surface area contributed by atoms with Gasteiger partial charge in [0.05, 0.1) is 23.5 Å². The van der Waals surface area contributed by atoms with Gasteiger partial charge in [0.25, 0.3) is 0 Å². The van der Waals surface area contributed by atoms with Crippen LogP contribution >= 0.6 is 0 Å². The summed E-state index contributed by atoms with van der Waals surface area (Å²) in [7, 11) is 0. The van der Waals surface area contributed by atoms with Crippen LogP contribution in [0.4, 0.5) is 19.0 Å². The van der Waals surface area contributed by atoms with Crippen LogP contribution in [0.1, 0.15) is 30.1 Å². The molecule has 2 aromatic heterocycles. The molecule has 0 spiro atoms. The van der Waals surface area contributed by atoms with E-state index in [2.05, 4.69) is 15.0 Å². The summed E-state index contributed by atoms with van der Waals surface area (Å²) in [6.45, 7) is 0.750. The predicted molar refractivity (Wildman–Crippen MR) is 70.6 cm³/mol. The fraction of sp³-hybridized carbons (Fsp3) is 0.357. The minimum absolute atomic E-state index is 0.0166. The molecule has 0 saturated carbocycles. The first-order valence-electron chi connectivity index (χ1n) is 6.61. The van der Waals surface area contributed by atoms with Crippen molar-refractivity contribution in [3.05, 3.63) is 48.2 Å². The highest BCUT2D eigenvalue weighted by Gasteiger charge is 2.32. The highest BCUT2D eigenvalue weighted by Crippen LogP contribution is 2.35. The summed E-state index contributed by atoms with van der Waals surface area (Å²) >= 11 is 0. The van der Waals surface area contributed by atoms with Gasteiger partial charge in [-0.05, 0) is 25.0 Å². The Balaban J connectivity index is 1.86. The zero-order valence-corrected chi connectivity index (χ0v) is 11.1. The SMILES string of the molecule is FC(F)(F)c1ccc(N2CCCC2c2cnccn2)nc1. The summed E-state index contributed by atoms with van der Waals surface area (Å²) in [6.07, 6.45) is 3.26. The number of pyridine rings is 1. The van der Waals surface area contributed by atoms with Gasteiger partial charge in [0.1, 0.15) is 5.82 Å². The lowest BCUT2D eigenvalue weighted by Gasteiger charge is -2.25. The maximum atomic E-state index is 12.6. The van der Waals surface area contributed by atoms with E-state index in [1.807, 2.05) is 4.90 Å². The zero-order valence-electron chi connectivity index (χ0n) is 11.1. The van der Waals surface area contributed by atoms with Crippen LogP contribution in [0, 0.1) is 0 Å². The molecule has 1 fully saturated rings. The third-order valence-corrected chi connectivity index (χ3v) is 3.55. The topological polar surface area (TPSA) is 41.9 Å². The van der Waals surface area contributed by atoms with Gasteiger partial charge < -0.3 is 4.90 Å². The van der Waals surface area contributed by atoms with Crippen LogP contribution in [0.3, 0.4) is 0 Å². The number of aromatic nitrogens is 3. The van der Waals surface area contributed by atoms with Crippen LogP contribution in [0.25, 0.3) is 0 Å². The Hall–Kier alpha value is -2.18. The summed E-state index contributed by atoms with van der Waals surface area (Å²) in [6, 6.07) is 2.49. The third kappa shape index (κ3) is 2.81. The molecule has 110 valence electrons.